The monoisotopic (exact) mass is 2000 g/mol. The van der Waals surface area contributed by atoms with Gasteiger partial charge in [-0.05, 0) is 233 Å². The van der Waals surface area contributed by atoms with Crippen molar-refractivity contribution in [3.05, 3.63) is 257 Å². The Balaban J connectivity index is 0.000000185. The van der Waals surface area contributed by atoms with Crippen molar-refractivity contribution in [2.24, 2.45) is 0 Å². The van der Waals surface area contributed by atoms with Crippen LogP contribution in [0.1, 0.15) is 130 Å². The Hall–Kier alpha value is -11.1. The third-order valence-corrected chi connectivity index (χ3v) is 26.9. The van der Waals surface area contributed by atoms with Crippen LogP contribution in [0.2, 0.25) is 30.1 Å². The highest BCUT2D eigenvalue weighted by molar-refractivity contribution is 6.41. The molecule has 9 aromatic rings. The van der Waals surface area contributed by atoms with Crippen molar-refractivity contribution >= 4 is 169 Å². The number of piperidine rings is 2. The summed E-state index contributed by atoms with van der Waals surface area (Å²) in [5.41, 5.74) is 13.6. The smallest absolute Gasteiger partial charge is 0.322 e. The number of likely N-dealkylation sites (N-methyl/N-ethyl adjacent to an activating group) is 1. The number of piperazine rings is 4. The molecule has 15 rings (SSSR count). The van der Waals surface area contributed by atoms with Crippen molar-refractivity contribution in [2.45, 2.75) is 138 Å². The van der Waals surface area contributed by atoms with Gasteiger partial charge in [0.05, 0.1) is 60.7 Å². The Morgan fingerprint density at radius 1 is 0.319 bits per heavy atom. The molecule has 0 atom stereocenters. The molecule has 9 amide bonds. The van der Waals surface area contributed by atoms with Gasteiger partial charge in [-0.1, -0.05) is 169 Å². The van der Waals surface area contributed by atoms with Crippen LogP contribution in [-0.4, -0.2) is 227 Å². The van der Waals surface area contributed by atoms with E-state index in [1.807, 2.05) is 195 Å². The fourth-order valence-electron chi connectivity index (χ4n) is 17.2. The molecule has 27 nitrogen and oxygen atoms in total. The molecule has 9 aromatic carbocycles. The molecule has 736 valence electrons. The summed E-state index contributed by atoms with van der Waals surface area (Å²) in [4.78, 5) is 122. The third-order valence-electron chi connectivity index (χ3n) is 25.1. The van der Waals surface area contributed by atoms with Crippen LogP contribution < -0.4 is 51.3 Å². The number of methoxy groups -OCH3 is 1. The van der Waals surface area contributed by atoms with Crippen LogP contribution in [0.3, 0.4) is 0 Å². The number of anilines is 9. The Labute approximate surface area is 841 Å². The van der Waals surface area contributed by atoms with Gasteiger partial charge in [0.2, 0.25) is 17.7 Å². The molecule has 6 aliphatic rings. The first kappa shape index (κ1) is 106. The van der Waals surface area contributed by atoms with Gasteiger partial charge >= 0.3 is 30.0 Å². The van der Waals surface area contributed by atoms with E-state index in [-0.39, 0.29) is 100 Å². The van der Waals surface area contributed by atoms with Crippen LogP contribution >= 0.6 is 69.6 Å². The lowest BCUT2D eigenvalue weighted by atomic mass is 10.1. The van der Waals surface area contributed by atoms with Crippen LogP contribution in [0.5, 0.6) is 5.75 Å². The van der Waals surface area contributed by atoms with Gasteiger partial charge in [-0.15, -0.1) is 0 Å². The van der Waals surface area contributed by atoms with Crippen molar-refractivity contribution in [2.75, 3.05) is 191 Å². The number of hydrogen-bond acceptors (Lipinski definition) is 18. The van der Waals surface area contributed by atoms with E-state index < -0.39 is 0 Å². The standard InChI is InChI=1S/C36H43Cl2N5O4.C35H41Cl2N5O4.C33H40Cl2N6O3.CH4/c1-26-8-10-27(11-9-26)25-47-34(45)7-5-6-33(44)39-29-12-14-30(15-13-29)42-18-20-43(21-19-42)36(46)40-35-31(37)22-28(23-32(35)38)24-41-16-3-2-4-17-41;36-30-22-27(24-40-16-5-2-6-17-40)23-31(37)34(30)39-35(45)42-20-18-41(19-21-42)29-14-12-28(13-15-29)38-32(43)10-7-11-33(44)46-25-26-8-3-1-4-9-26;1-3-38-12-14-39(15-13-38)23-25-20-29(34)32(30(35)21-25)37-33(43)41-18-16-40(17-19-41)27-8-6-26(7-9-27)36-31(42)22-24-4-10-28(44-2)11-5-24;/h8-15,22-23H,2-7,16-21,24-25H2,1H3,(H,39,44)(H,40,46);1,3-4,8-9,12-15,22-23H,2,5-7,10-11,16-21,24-25H2,(H,38,43)(H,39,45);4-11,20-21H,3,12-19,22-23H2,1-2H3,(H,36,42)(H,37,43);1H4. The number of nitrogens with zero attached hydrogens (tertiary/aromatic N) is 10. The molecule has 0 saturated carbocycles. The number of esters is 2. The lowest BCUT2D eigenvalue weighted by molar-refractivity contribution is -0.146. The van der Waals surface area contributed by atoms with E-state index in [4.69, 9.17) is 83.8 Å². The SMILES string of the molecule is C.CCN1CCN(Cc2cc(Cl)c(NC(=O)N3CCN(c4ccc(NC(=O)Cc5ccc(OC)cc5)cc4)CC3)c(Cl)c2)CC1.Cc1ccc(COC(=O)CCCC(=O)Nc2ccc(N3CCN(C(=O)Nc4c(Cl)cc(CN5CCCCC5)cc4Cl)CC3)cc2)cc1.O=C(CCCC(=O)OCc1ccccc1)Nc1ccc(N2CCN(C(=O)Nc3c(Cl)cc(CN4CCCCC4)cc3Cl)CC2)cc1. The maximum atomic E-state index is 13.1. The minimum atomic E-state index is -0.316. The molecule has 0 aliphatic carbocycles. The van der Waals surface area contributed by atoms with Crippen molar-refractivity contribution < 1.29 is 52.6 Å². The van der Waals surface area contributed by atoms with Gasteiger partial charge in [0, 0.05) is 184 Å². The van der Waals surface area contributed by atoms with Gasteiger partial charge in [-0.2, -0.15) is 0 Å². The molecule has 0 aromatic heterocycles. The van der Waals surface area contributed by atoms with Crippen LogP contribution in [0.25, 0.3) is 0 Å². The van der Waals surface area contributed by atoms with Gasteiger partial charge in [0.1, 0.15) is 19.0 Å². The van der Waals surface area contributed by atoms with E-state index in [0.717, 1.165) is 146 Å². The minimum Gasteiger partial charge on any atom is -0.497 e. The molecule has 0 spiro atoms. The van der Waals surface area contributed by atoms with Crippen molar-refractivity contribution in [3.63, 3.8) is 0 Å². The Bertz CT molecular complexity index is 5410. The fraction of sp³-hybridized carbons (Fsp3) is 0.410. The van der Waals surface area contributed by atoms with Gasteiger partial charge in [-0.3, -0.25) is 38.7 Å². The highest BCUT2D eigenvalue weighted by atomic mass is 35.5. The number of ether oxygens (including phenoxy) is 3. The van der Waals surface area contributed by atoms with Crippen molar-refractivity contribution in [1.29, 1.82) is 0 Å². The number of likely N-dealkylation sites (tertiary alicyclic amines) is 2. The molecule has 33 heteroatoms. The number of aryl methyl sites for hydroxylation is 1. The second-order valence-electron chi connectivity index (χ2n) is 35.2. The molecule has 6 aliphatic heterocycles. The van der Waals surface area contributed by atoms with Crippen molar-refractivity contribution in [3.8, 4) is 5.75 Å². The molecular weight excluding hydrogens is 1870 g/mol. The number of nitrogens with one attached hydrogen (secondary N) is 6. The maximum absolute atomic E-state index is 13.1. The number of amides is 9. The molecule has 0 radical (unpaired) electrons. The summed E-state index contributed by atoms with van der Waals surface area (Å²) in [6.07, 6.45) is 9.36. The van der Waals surface area contributed by atoms with Gasteiger partial charge in [0.25, 0.3) is 0 Å². The quantitative estimate of drug-likeness (QED) is 0.0220. The summed E-state index contributed by atoms with van der Waals surface area (Å²) >= 11 is 39.4. The zero-order valence-corrected chi connectivity index (χ0v) is 82.7. The lowest BCUT2D eigenvalue weighted by Crippen LogP contribution is -2.50. The van der Waals surface area contributed by atoms with E-state index >= 15 is 0 Å². The zero-order chi connectivity index (χ0) is 96.5. The molecule has 6 fully saturated rings. The average Bonchev–Trinajstić information content (AvgIpc) is 0.822. The third kappa shape index (κ3) is 33.0. The number of hydrogen-bond donors (Lipinski definition) is 6. The van der Waals surface area contributed by atoms with E-state index in [2.05, 4.69) is 73.1 Å². The lowest BCUT2D eigenvalue weighted by Gasteiger charge is -2.36. The summed E-state index contributed by atoms with van der Waals surface area (Å²) in [6.45, 7) is 23.9. The molecule has 6 saturated heterocycles. The second-order valence-corrected chi connectivity index (χ2v) is 37.7. The minimum absolute atomic E-state index is 0. The average molecular weight is 2000 g/mol. The highest BCUT2D eigenvalue weighted by Gasteiger charge is 2.29. The Morgan fingerprint density at radius 3 is 0.964 bits per heavy atom. The highest BCUT2D eigenvalue weighted by Crippen LogP contribution is 2.38. The zero-order valence-electron chi connectivity index (χ0n) is 78.2. The van der Waals surface area contributed by atoms with Crippen LogP contribution in [0.15, 0.2) is 188 Å². The van der Waals surface area contributed by atoms with Crippen LogP contribution in [0.4, 0.5) is 65.6 Å². The number of rotatable bonds is 31. The molecule has 0 unspecified atom stereocenters. The summed E-state index contributed by atoms with van der Waals surface area (Å²) in [5.74, 6) is -0.255. The maximum Gasteiger partial charge on any atom is 0.322 e. The molecular formula is C105H128Cl6N16O11. The first-order valence-electron chi connectivity index (χ1n) is 47.4. The Morgan fingerprint density at radius 2 is 0.630 bits per heavy atom. The number of carbonyl (C=O) groups excluding carboxylic acids is 8. The predicted molar refractivity (Wildman–Crippen MR) is 557 cm³/mol. The molecule has 6 heterocycles. The summed E-state index contributed by atoms with van der Waals surface area (Å²) in [6, 6.07) is 58.6. The first-order valence-corrected chi connectivity index (χ1v) is 49.6. The van der Waals surface area contributed by atoms with Gasteiger partial charge in [0.15, 0.2) is 0 Å². The first-order chi connectivity index (χ1) is 66.4. The van der Waals surface area contributed by atoms with E-state index in [1.165, 1.54) is 38.5 Å². The second kappa shape index (κ2) is 53.9. The van der Waals surface area contributed by atoms with E-state index in [1.54, 1.807) is 21.8 Å². The molecule has 6 N–H and O–H groups in total. The van der Waals surface area contributed by atoms with Crippen LogP contribution in [-0.2, 0) is 72.7 Å². The summed E-state index contributed by atoms with van der Waals surface area (Å²) in [7, 11) is 1.62. The number of halogens is 6. The summed E-state index contributed by atoms with van der Waals surface area (Å²) in [5, 5.41) is 20.2. The Kier molecular flexibility index (Phi) is 41.3. The number of carbonyl (C=O) groups is 8. The van der Waals surface area contributed by atoms with Crippen LogP contribution in [0, 0.1) is 6.92 Å². The molecule has 138 heavy (non-hydrogen) atoms. The van der Waals surface area contributed by atoms with Gasteiger partial charge < -0.3 is 80.4 Å². The van der Waals surface area contributed by atoms with E-state index in [9.17, 15) is 38.4 Å². The normalized spacial score (nSPS) is 15.5. The summed E-state index contributed by atoms with van der Waals surface area (Å²) < 4.78 is 15.7. The van der Waals surface area contributed by atoms with E-state index in [0.29, 0.717) is 150 Å². The van der Waals surface area contributed by atoms with Gasteiger partial charge in [-0.25, -0.2) is 14.4 Å². The number of benzene rings is 9. The molecule has 0 bridgehead atoms. The van der Waals surface area contributed by atoms with Crippen molar-refractivity contribution in [1.82, 2.24) is 34.3 Å². The number of urea groups is 3. The topological polar surface area (TPSA) is 269 Å². The fourth-order valence-corrected chi connectivity index (χ4v) is 19.1. The largest absolute Gasteiger partial charge is 0.497 e. The predicted octanol–water partition coefficient (Wildman–Crippen LogP) is 21.0.